The molecule has 7 nitrogen and oxygen atoms in total. The molecular formula is C15H19FN6O. The van der Waals surface area contributed by atoms with Crippen molar-refractivity contribution in [2.24, 2.45) is 0 Å². The Morgan fingerprint density at radius 3 is 3.04 bits per heavy atom. The molecule has 0 radical (unpaired) electrons. The first-order chi connectivity index (χ1) is 11.1. The van der Waals surface area contributed by atoms with E-state index in [-0.39, 0.29) is 17.8 Å². The molecule has 1 amide bonds. The highest BCUT2D eigenvalue weighted by molar-refractivity contribution is 5.87. The summed E-state index contributed by atoms with van der Waals surface area (Å²) in [5.41, 5.74) is 0.436. The molecule has 3 rings (SSSR count). The Balaban J connectivity index is 1.73. The van der Waals surface area contributed by atoms with Crippen molar-refractivity contribution in [3.8, 4) is 0 Å². The van der Waals surface area contributed by atoms with Crippen molar-refractivity contribution in [3.63, 3.8) is 0 Å². The lowest BCUT2D eigenvalue weighted by molar-refractivity contribution is -0.114. The minimum Gasteiger partial charge on any atom is -0.352 e. The number of nitrogens with one attached hydrogen (secondary N) is 1. The van der Waals surface area contributed by atoms with Gasteiger partial charge >= 0.3 is 0 Å². The number of anilines is 2. The number of aryl methyl sites for hydroxylation is 1. The van der Waals surface area contributed by atoms with Gasteiger partial charge in [0.05, 0.1) is 11.7 Å². The Labute approximate surface area is 133 Å². The van der Waals surface area contributed by atoms with Gasteiger partial charge in [0.2, 0.25) is 5.91 Å². The topological polar surface area (TPSA) is 75.9 Å². The fourth-order valence-electron chi connectivity index (χ4n) is 2.80. The fourth-order valence-corrected chi connectivity index (χ4v) is 2.80. The lowest BCUT2D eigenvalue weighted by Crippen LogP contribution is -2.24. The molecule has 1 N–H and O–H groups in total. The summed E-state index contributed by atoms with van der Waals surface area (Å²) in [5.74, 6) is 0.388. The first-order valence-electron chi connectivity index (χ1n) is 7.65. The van der Waals surface area contributed by atoms with Crippen LogP contribution in [0.15, 0.2) is 18.6 Å². The summed E-state index contributed by atoms with van der Waals surface area (Å²) in [5, 5.41) is 7.00. The van der Waals surface area contributed by atoms with Gasteiger partial charge in [-0.2, -0.15) is 5.10 Å². The normalized spacial score (nSPS) is 17.5. The maximum atomic E-state index is 14.4. The summed E-state index contributed by atoms with van der Waals surface area (Å²) in [6, 6.07) is 1.88. The minimum absolute atomic E-state index is 0.122. The second-order valence-corrected chi connectivity index (χ2v) is 5.56. The average molecular weight is 318 g/mol. The SMILES string of the molecule is CCc1ncnc(N2CCC(n3ccc(NC(C)=O)n3)C2)c1F. The zero-order valence-corrected chi connectivity index (χ0v) is 13.2. The van der Waals surface area contributed by atoms with E-state index in [0.29, 0.717) is 36.8 Å². The molecule has 1 unspecified atom stereocenters. The number of halogens is 1. The van der Waals surface area contributed by atoms with E-state index in [1.165, 1.54) is 13.3 Å². The Hall–Kier alpha value is -2.51. The number of rotatable bonds is 4. The van der Waals surface area contributed by atoms with Gasteiger partial charge in [0.1, 0.15) is 6.33 Å². The molecule has 0 aromatic carbocycles. The summed E-state index contributed by atoms with van der Waals surface area (Å²) >= 11 is 0. The van der Waals surface area contributed by atoms with Crippen LogP contribution in [0.3, 0.4) is 0 Å². The van der Waals surface area contributed by atoms with Crippen LogP contribution in [0.4, 0.5) is 16.0 Å². The third kappa shape index (κ3) is 3.15. The summed E-state index contributed by atoms with van der Waals surface area (Å²) < 4.78 is 16.2. The van der Waals surface area contributed by atoms with Crippen LogP contribution in [0.5, 0.6) is 0 Å². The maximum absolute atomic E-state index is 14.4. The average Bonchev–Trinajstić information content (AvgIpc) is 3.16. The summed E-state index contributed by atoms with van der Waals surface area (Å²) in [4.78, 5) is 21.0. The van der Waals surface area contributed by atoms with E-state index in [4.69, 9.17) is 0 Å². The molecule has 1 fully saturated rings. The lowest BCUT2D eigenvalue weighted by atomic mass is 10.3. The monoisotopic (exact) mass is 318 g/mol. The fraction of sp³-hybridized carbons (Fsp3) is 0.467. The molecule has 2 aromatic heterocycles. The molecule has 0 aliphatic carbocycles. The van der Waals surface area contributed by atoms with E-state index in [9.17, 15) is 9.18 Å². The smallest absolute Gasteiger partial charge is 0.222 e. The first-order valence-corrected chi connectivity index (χ1v) is 7.65. The van der Waals surface area contributed by atoms with Crippen LogP contribution in [0.25, 0.3) is 0 Å². The van der Waals surface area contributed by atoms with Crippen molar-refractivity contribution in [2.45, 2.75) is 32.7 Å². The number of hydrogen-bond acceptors (Lipinski definition) is 5. The molecule has 23 heavy (non-hydrogen) atoms. The zero-order valence-electron chi connectivity index (χ0n) is 13.2. The Kier molecular flexibility index (Phi) is 4.22. The summed E-state index contributed by atoms with van der Waals surface area (Å²) in [7, 11) is 0. The number of carbonyl (C=O) groups is 1. The Morgan fingerprint density at radius 2 is 2.30 bits per heavy atom. The van der Waals surface area contributed by atoms with Gasteiger partial charge in [-0.3, -0.25) is 9.48 Å². The molecule has 3 heterocycles. The molecule has 2 aromatic rings. The van der Waals surface area contributed by atoms with Gasteiger partial charge in [-0.05, 0) is 12.8 Å². The Bertz CT molecular complexity index is 716. The van der Waals surface area contributed by atoms with Gasteiger partial charge < -0.3 is 10.2 Å². The van der Waals surface area contributed by atoms with E-state index < -0.39 is 0 Å². The van der Waals surface area contributed by atoms with Crippen molar-refractivity contribution in [1.29, 1.82) is 0 Å². The number of carbonyl (C=O) groups excluding carboxylic acids is 1. The van der Waals surface area contributed by atoms with Crippen molar-refractivity contribution >= 4 is 17.5 Å². The molecule has 0 bridgehead atoms. The van der Waals surface area contributed by atoms with E-state index in [0.717, 1.165) is 6.42 Å². The zero-order chi connectivity index (χ0) is 16.4. The number of nitrogens with zero attached hydrogens (tertiary/aromatic N) is 5. The van der Waals surface area contributed by atoms with Crippen molar-refractivity contribution in [3.05, 3.63) is 30.1 Å². The predicted octanol–water partition coefficient (Wildman–Crippen LogP) is 1.78. The van der Waals surface area contributed by atoms with Gasteiger partial charge in [0.15, 0.2) is 17.5 Å². The van der Waals surface area contributed by atoms with Gasteiger partial charge in [-0.1, -0.05) is 6.92 Å². The van der Waals surface area contributed by atoms with Crippen LogP contribution in [-0.2, 0) is 11.2 Å². The third-order valence-corrected chi connectivity index (χ3v) is 3.93. The van der Waals surface area contributed by atoms with E-state index in [1.807, 2.05) is 22.7 Å². The molecule has 0 saturated carbocycles. The molecular weight excluding hydrogens is 299 g/mol. The third-order valence-electron chi connectivity index (χ3n) is 3.93. The van der Waals surface area contributed by atoms with E-state index in [1.54, 1.807) is 6.07 Å². The predicted molar refractivity (Wildman–Crippen MR) is 83.8 cm³/mol. The molecule has 0 spiro atoms. The summed E-state index contributed by atoms with van der Waals surface area (Å²) in [6.07, 6.45) is 4.62. The Morgan fingerprint density at radius 1 is 1.48 bits per heavy atom. The van der Waals surface area contributed by atoms with Crippen LogP contribution in [0, 0.1) is 5.82 Å². The highest BCUT2D eigenvalue weighted by Gasteiger charge is 2.28. The molecule has 1 aliphatic rings. The molecule has 1 aliphatic heterocycles. The van der Waals surface area contributed by atoms with Gasteiger partial charge in [-0.25, -0.2) is 14.4 Å². The van der Waals surface area contributed by atoms with Crippen LogP contribution < -0.4 is 10.2 Å². The van der Waals surface area contributed by atoms with Gasteiger partial charge in [0, 0.05) is 32.3 Å². The number of hydrogen-bond donors (Lipinski definition) is 1. The quantitative estimate of drug-likeness (QED) is 0.930. The highest BCUT2D eigenvalue weighted by Crippen LogP contribution is 2.28. The van der Waals surface area contributed by atoms with Crippen molar-refractivity contribution in [1.82, 2.24) is 19.7 Å². The lowest BCUT2D eigenvalue weighted by Gasteiger charge is -2.18. The highest BCUT2D eigenvalue weighted by atomic mass is 19.1. The van der Waals surface area contributed by atoms with Crippen LogP contribution in [-0.4, -0.2) is 38.7 Å². The van der Waals surface area contributed by atoms with Crippen LogP contribution in [0.1, 0.15) is 32.0 Å². The van der Waals surface area contributed by atoms with Crippen molar-refractivity contribution in [2.75, 3.05) is 23.3 Å². The van der Waals surface area contributed by atoms with E-state index >= 15 is 0 Å². The summed E-state index contributed by atoms with van der Waals surface area (Å²) in [6.45, 7) is 4.64. The molecule has 8 heteroatoms. The molecule has 122 valence electrons. The minimum atomic E-state index is -0.338. The van der Waals surface area contributed by atoms with Gasteiger partial charge in [0.25, 0.3) is 0 Å². The molecule has 1 atom stereocenters. The maximum Gasteiger partial charge on any atom is 0.222 e. The van der Waals surface area contributed by atoms with Crippen LogP contribution in [0.2, 0.25) is 0 Å². The largest absolute Gasteiger partial charge is 0.352 e. The first kappa shape index (κ1) is 15.4. The second kappa shape index (κ2) is 6.31. The van der Waals surface area contributed by atoms with Crippen LogP contribution >= 0.6 is 0 Å². The van der Waals surface area contributed by atoms with E-state index in [2.05, 4.69) is 20.4 Å². The molecule has 1 saturated heterocycles. The number of amides is 1. The second-order valence-electron chi connectivity index (χ2n) is 5.56. The van der Waals surface area contributed by atoms with Gasteiger partial charge in [-0.15, -0.1) is 0 Å². The number of aromatic nitrogens is 4. The van der Waals surface area contributed by atoms with Crippen molar-refractivity contribution < 1.29 is 9.18 Å². The standard InChI is InChI=1S/C15H19FN6O/c1-3-12-14(16)15(18-9-17-12)21-6-4-11(8-21)22-7-5-13(20-22)19-10(2)23/h5,7,9,11H,3-4,6,8H2,1-2H3,(H,19,20,23).